The first kappa shape index (κ1) is 19.7. The minimum Gasteiger partial charge on any atom is -0.502 e. The SMILES string of the molecule is C=C(C)OC.CC.NS(=O)(=O)CCCC1CNC1. The van der Waals surface area contributed by atoms with Gasteiger partial charge in [0.2, 0.25) is 10.0 Å². The average Bonchev–Trinajstić information content (AvgIpc) is 2.24. The van der Waals surface area contributed by atoms with Gasteiger partial charge in [-0.2, -0.15) is 0 Å². The van der Waals surface area contributed by atoms with Crippen LogP contribution in [0.25, 0.3) is 0 Å². The van der Waals surface area contributed by atoms with Crippen LogP contribution >= 0.6 is 0 Å². The predicted molar refractivity (Wildman–Crippen MR) is 76.7 cm³/mol. The maximum atomic E-state index is 10.5. The van der Waals surface area contributed by atoms with Gasteiger partial charge in [0.1, 0.15) is 0 Å². The van der Waals surface area contributed by atoms with E-state index in [1.807, 2.05) is 13.8 Å². The Labute approximate surface area is 112 Å². The maximum absolute atomic E-state index is 10.5. The summed E-state index contributed by atoms with van der Waals surface area (Å²) in [6, 6.07) is 0. The maximum Gasteiger partial charge on any atom is 0.209 e. The second kappa shape index (κ2) is 11.5. The molecule has 0 saturated carbocycles. The number of methoxy groups -OCH3 is 1. The molecule has 1 saturated heterocycles. The fraction of sp³-hybridized carbons (Fsp3) is 0.833. The van der Waals surface area contributed by atoms with Crippen molar-refractivity contribution in [3.8, 4) is 0 Å². The van der Waals surface area contributed by atoms with Gasteiger partial charge in [-0.3, -0.25) is 0 Å². The molecule has 3 N–H and O–H groups in total. The van der Waals surface area contributed by atoms with Gasteiger partial charge in [0.05, 0.1) is 18.6 Å². The molecule has 0 aliphatic carbocycles. The average molecular weight is 280 g/mol. The van der Waals surface area contributed by atoms with Crippen LogP contribution < -0.4 is 10.5 Å². The van der Waals surface area contributed by atoms with Crippen molar-refractivity contribution in [3.63, 3.8) is 0 Å². The molecule has 0 atom stereocenters. The van der Waals surface area contributed by atoms with Crippen molar-refractivity contribution in [2.75, 3.05) is 26.0 Å². The number of nitrogens with two attached hydrogens (primary N) is 1. The zero-order chi connectivity index (χ0) is 14.6. The van der Waals surface area contributed by atoms with Crippen LogP contribution in [0.5, 0.6) is 0 Å². The monoisotopic (exact) mass is 280 g/mol. The molecule has 5 nitrogen and oxygen atoms in total. The Morgan fingerprint density at radius 3 is 2.11 bits per heavy atom. The first-order valence-corrected chi connectivity index (χ1v) is 7.97. The molecule has 0 radical (unpaired) electrons. The summed E-state index contributed by atoms with van der Waals surface area (Å²) >= 11 is 0. The van der Waals surface area contributed by atoms with E-state index in [4.69, 9.17) is 5.14 Å². The molecule has 0 amide bonds. The smallest absolute Gasteiger partial charge is 0.209 e. The summed E-state index contributed by atoms with van der Waals surface area (Å²) in [6.45, 7) is 11.3. The lowest BCUT2D eigenvalue weighted by Crippen LogP contribution is -2.42. The Morgan fingerprint density at radius 2 is 1.89 bits per heavy atom. The zero-order valence-electron chi connectivity index (χ0n) is 12.0. The summed E-state index contributed by atoms with van der Waals surface area (Å²) in [6.07, 6.45) is 1.68. The van der Waals surface area contributed by atoms with Crippen LogP contribution in [0.2, 0.25) is 0 Å². The topological polar surface area (TPSA) is 81.4 Å². The van der Waals surface area contributed by atoms with Crippen molar-refractivity contribution in [2.45, 2.75) is 33.6 Å². The summed E-state index contributed by atoms with van der Waals surface area (Å²) in [4.78, 5) is 0. The Morgan fingerprint density at radius 1 is 1.44 bits per heavy atom. The predicted octanol–water partition coefficient (Wildman–Crippen LogP) is 1.47. The molecule has 1 heterocycles. The van der Waals surface area contributed by atoms with Crippen molar-refractivity contribution in [1.29, 1.82) is 0 Å². The molecule has 18 heavy (non-hydrogen) atoms. The molecule has 6 heteroatoms. The molecular weight excluding hydrogens is 252 g/mol. The minimum atomic E-state index is -3.22. The number of rotatable bonds is 5. The van der Waals surface area contributed by atoms with Gasteiger partial charge in [0.15, 0.2) is 0 Å². The number of sulfonamides is 1. The molecule has 0 spiro atoms. The summed E-state index contributed by atoms with van der Waals surface area (Å²) in [5, 5.41) is 7.97. The molecule has 0 aromatic rings. The Balaban J connectivity index is 0. The van der Waals surface area contributed by atoms with E-state index >= 15 is 0 Å². The third-order valence-electron chi connectivity index (χ3n) is 2.26. The highest BCUT2D eigenvalue weighted by molar-refractivity contribution is 7.89. The third kappa shape index (κ3) is 15.4. The van der Waals surface area contributed by atoms with Crippen molar-refractivity contribution < 1.29 is 13.2 Å². The standard InChI is InChI=1S/C6H14N2O2S.C4H8O.C2H6/c7-11(9,10)3-1-2-6-4-8-5-6;1-4(2)5-3;1-2/h6,8H,1-5H2,(H2,7,9,10);1H2,2-3H3;1-2H3. The van der Waals surface area contributed by atoms with E-state index in [0.717, 1.165) is 25.3 Å². The molecule has 0 bridgehead atoms. The summed E-state index contributed by atoms with van der Waals surface area (Å²) in [5.41, 5.74) is 0. The molecule has 1 aliphatic heterocycles. The van der Waals surface area contributed by atoms with Crippen LogP contribution in [-0.2, 0) is 14.8 Å². The molecule has 0 unspecified atom stereocenters. The van der Waals surface area contributed by atoms with Crippen molar-refractivity contribution in [1.82, 2.24) is 5.32 Å². The number of hydrogen-bond donors (Lipinski definition) is 2. The number of ether oxygens (including phenoxy) is 1. The highest BCUT2D eigenvalue weighted by Gasteiger charge is 2.16. The van der Waals surface area contributed by atoms with E-state index in [1.165, 1.54) is 0 Å². The van der Waals surface area contributed by atoms with E-state index in [-0.39, 0.29) is 5.75 Å². The number of nitrogens with one attached hydrogen (secondary N) is 1. The van der Waals surface area contributed by atoms with E-state index in [9.17, 15) is 8.42 Å². The first-order chi connectivity index (χ1) is 8.35. The van der Waals surface area contributed by atoms with Gasteiger partial charge in [-0.1, -0.05) is 20.4 Å². The Hall–Kier alpha value is -0.590. The highest BCUT2D eigenvalue weighted by atomic mass is 32.2. The van der Waals surface area contributed by atoms with E-state index < -0.39 is 10.0 Å². The zero-order valence-corrected chi connectivity index (χ0v) is 12.8. The lowest BCUT2D eigenvalue weighted by molar-refractivity contribution is 0.295. The van der Waals surface area contributed by atoms with Crippen LogP contribution in [0, 0.1) is 5.92 Å². The second-order valence-corrected chi connectivity index (χ2v) is 5.67. The Kier molecular flexibility index (Phi) is 12.6. The van der Waals surface area contributed by atoms with E-state index in [1.54, 1.807) is 14.0 Å². The quantitative estimate of drug-likeness (QED) is 0.747. The summed E-state index contributed by atoms with van der Waals surface area (Å²) in [5.74, 6) is 1.56. The minimum absolute atomic E-state index is 0.128. The number of primary sulfonamides is 1. The van der Waals surface area contributed by atoms with Gasteiger partial charge >= 0.3 is 0 Å². The third-order valence-corrected chi connectivity index (χ3v) is 3.11. The van der Waals surface area contributed by atoms with Gasteiger partial charge in [0.25, 0.3) is 0 Å². The highest BCUT2D eigenvalue weighted by Crippen LogP contribution is 2.10. The largest absolute Gasteiger partial charge is 0.502 e. The van der Waals surface area contributed by atoms with Crippen LogP contribution in [0.1, 0.15) is 33.6 Å². The summed E-state index contributed by atoms with van der Waals surface area (Å²) < 4.78 is 25.5. The molecule has 110 valence electrons. The Bertz CT molecular complexity index is 298. The fourth-order valence-corrected chi connectivity index (χ4v) is 1.69. The lowest BCUT2D eigenvalue weighted by Gasteiger charge is -2.26. The van der Waals surface area contributed by atoms with E-state index in [0.29, 0.717) is 12.3 Å². The molecular formula is C12H28N2O3S. The van der Waals surface area contributed by atoms with Gasteiger partial charge in [-0.05, 0) is 38.8 Å². The fourth-order valence-electron chi connectivity index (χ4n) is 1.13. The van der Waals surface area contributed by atoms with Gasteiger partial charge < -0.3 is 10.1 Å². The van der Waals surface area contributed by atoms with Crippen molar-refractivity contribution in [2.24, 2.45) is 11.1 Å². The summed E-state index contributed by atoms with van der Waals surface area (Å²) in [7, 11) is -1.62. The van der Waals surface area contributed by atoms with Crippen molar-refractivity contribution >= 4 is 10.0 Å². The van der Waals surface area contributed by atoms with Gasteiger partial charge in [-0.25, -0.2) is 13.6 Å². The first-order valence-electron chi connectivity index (χ1n) is 6.26. The second-order valence-electron chi connectivity index (χ2n) is 3.94. The van der Waals surface area contributed by atoms with Crippen LogP contribution in [0.15, 0.2) is 12.3 Å². The molecule has 0 aromatic heterocycles. The van der Waals surface area contributed by atoms with Crippen molar-refractivity contribution in [3.05, 3.63) is 12.3 Å². The molecule has 0 aromatic carbocycles. The van der Waals surface area contributed by atoms with Crippen LogP contribution in [0.4, 0.5) is 0 Å². The van der Waals surface area contributed by atoms with Gasteiger partial charge in [0, 0.05) is 0 Å². The van der Waals surface area contributed by atoms with Gasteiger partial charge in [-0.15, -0.1) is 0 Å². The molecule has 1 aliphatic rings. The number of allylic oxidation sites excluding steroid dienone is 1. The molecule has 1 rings (SSSR count). The van der Waals surface area contributed by atoms with Crippen LogP contribution in [0.3, 0.4) is 0 Å². The normalized spacial score (nSPS) is 14.3. The molecule has 1 fully saturated rings. The lowest BCUT2D eigenvalue weighted by atomic mass is 9.98. The van der Waals surface area contributed by atoms with E-state index in [2.05, 4.69) is 16.6 Å². The number of hydrogen-bond acceptors (Lipinski definition) is 4. The van der Waals surface area contributed by atoms with Crippen LogP contribution in [-0.4, -0.2) is 34.4 Å².